The summed E-state index contributed by atoms with van der Waals surface area (Å²) in [5.41, 5.74) is 7.03. The highest BCUT2D eigenvalue weighted by Crippen LogP contribution is 2.36. The lowest BCUT2D eigenvalue weighted by Gasteiger charge is -2.31. The van der Waals surface area contributed by atoms with E-state index in [2.05, 4.69) is 43.0 Å². The zero-order valence-corrected chi connectivity index (χ0v) is 20.2. The molecule has 0 amide bonds. The van der Waals surface area contributed by atoms with Gasteiger partial charge in [0.2, 0.25) is 0 Å². The standard InChI is InChI=1S/C29H32N4O/c1-20(2)32-18-10-9-14-24-23(19-32)28(29(30-24)22-12-5-4-6-13-22)25-16-17-27(34)33(31-25)26-15-8-7-11-21(26)3/h4-8,11-13,15-17,20,24H,9-10,14,18-19H2,1-3H3. The number of para-hydroxylation sites is 1. The number of hydrogen-bond donors (Lipinski definition) is 0. The van der Waals surface area contributed by atoms with Crippen molar-refractivity contribution < 1.29 is 0 Å². The van der Waals surface area contributed by atoms with Gasteiger partial charge in [-0.05, 0) is 69.8 Å². The molecule has 1 saturated heterocycles. The van der Waals surface area contributed by atoms with E-state index in [0.29, 0.717) is 6.04 Å². The Morgan fingerprint density at radius 3 is 2.47 bits per heavy atom. The quantitative estimate of drug-likeness (QED) is 0.556. The van der Waals surface area contributed by atoms with Crippen LogP contribution in [-0.2, 0) is 0 Å². The lowest BCUT2D eigenvalue weighted by Crippen LogP contribution is -2.37. The number of rotatable bonds is 4. The fraction of sp³-hybridized carbons (Fsp3) is 0.345. The van der Waals surface area contributed by atoms with E-state index in [1.165, 1.54) is 16.7 Å². The lowest BCUT2D eigenvalue weighted by molar-refractivity contribution is 0.223. The topological polar surface area (TPSA) is 50.5 Å². The van der Waals surface area contributed by atoms with Gasteiger partial charge in [0.15, 0.2) is 0 Å². The summed E-state index contributed by atoms with van der Waals surface area (Å²) >= 11 is 0. The first-order valence-corrected chi connectivity index (χ1v) is 12.3. The molecule has 2 aliphatic rings. The van der Waals surface area contributed by atoms with Gasteiger partial charge in [-0.25, -0.2) is 0 Å². The number of aryl methyl sites for hydroxylation is 1. The van der Waals surface area contributed by atoms with Gasteiger partial charge in [0, 0.05) is 29.8 Å². The molecule has 1 unspecified atom stereocenters. The van der Waals surface area contributed by atoms with E-state index in [1.54, 1.807) is 6.07 Å². The molecule has 1 aromatic heterocycles. The lowest BCUT2D eigenvalue weighted by atomic mass is 9.91. The maximum atomic E-state index is 12.9. The number of hydrogen-bond acceptors (Lipinski definition) is 4. The molecule has 0 aliphatic carbocycles. The van der Waals surface area contributed by atoms with Crippen molar-refractivity contribution in [1.82, 2.24) is 14.7 Å². The van der Waals surface area contributed by atoms with Gasteiger partial charge < -0.3 is 0 Å². The maximum Gasteiger partial charge on any atom is 0.271 e. The van der Waals surface area contributed by atoms with Crippen LogP contribution in [0.3, 0.4) is 0 Å². The van der Waals surface area contributed by atoms with Gasteiger partial charge in [-0.2, -0.15) is 9.78 Å². The zero-order valence-electron chi connectivity index (χ0n) is 20.2. The first kappa shape index (κ1) is 22.5. The summed E-state index contributed by atoms with van der Waals surface area (Å²) in [7, 11) is 0. The van der Waals surface area contributed by atoms with E-state index in [0.717, 1.165) is 59.7 Å². The second-order valence-electron chi connectivity index (χ2n) is 9.57. The molecule has 2 aliphatic heterocycles. The molecule has 3 heterocycles. The highest BCUT2D eigenvalue weighted by Gasteiger charge is 2.33. The predicted octanol–water partition coefficient (Wildman–Crippen LogP) is 5.06. The van der Waals surface area contributed by atoms with Crippen LogP contribution in [0.15, 0.2) is 82.1 Å². The van der Waals surface area contributed by atoms with Crippen molar-refractivity contribution in [2.24, 2.45) is 4.99 Å². The SMILES string of the molecule is Cc1ccccc1-n1nc(C2=C3CN(C(C)C)CCCCC3N=C2c2ccccc2)ccc1=O. The molecule has 174 valence electrons. The van der Waals surface area contributed by atoms with Crippen LogP contribution in [0.25, 0.3) is 11.3 Å². The molecule has 34 heavy (non-hydrogen) atoms. The smallest absolute Gasteiger partial charge is 0.271 e. The van der Waals surface area contributed by atoms with Crippen molar-refractivity contribution in [3.05, 3.63) is 99.5 Å². The summed E-state index contributed by atoms with van der Waals surface area (Å²) in [6, 6.07) is 22.4. The number of allylic oxidation sites excluding steroid dienone is 1. The van der Waals surface area contributed by atoms with Gasteiger partial charge in [-0.1, -0.05) is 48.5 Å². The minimum Gasteiger partial charge on any atom is -0.297 e. The summed E-state index contributed by atoms with van der Waals surface area (Å²) in [6.45, 7) is 8.51. The minimum absolute atomic E-state index is 0.127. The molecule has 5 rings (SSSR count). The summed E-state index contributed by atoms with van der Waals surface area (Å²) < 4.78 is 1.54. The Hall–Kier alpha value is -3.31. The van der Waals surface area contributed by atoms with Crippen molar-refractivity contribution in [3.8, 4) is 5.69 Å². The number of benzene rings is 2. The average Bonchev–Trinajstić information content (AvgIpc) is 3.17. The average molecular weight is 453 g/mol. The van der Waals surface area contributed by atoms with Crippen LogP contribution in [0.5, 0.6) is 0 Å². The Kier molecular flexibility index (Phi) is 6.29. The van der Waals surface area contributed by atoms with E-state index in [9.17, 15) is 4.79 Å². The van der Waals surface area contributed by atoms with Crippen molar-refractivity contribution in [1.29, 1.82) is 0 Å². The van der Waals surface area contributed by atoms with Crippen molar-refractivity contribution in [3.63, 3.8) is 0 Å². The summed E-state index contributed by atoms with van der Waals surface area (Å²) in [5.74, 6) is 0. The molecule has 1 atom stereocenters. The number of nitrogens with zero attached hydrogens (tertiary/aromatic N) is 4. The Morgan fingerprint density at radius 2 is 1.71 bits per heavy atom. The first-order chi connectivity index (χ1) is 16.5. The highest BCUT2D eigenvalue weighted by atomic mass is 16.1. The van der Waals surface area contributed by atoms with Crippen molar-refractivity contribution in [2.75, 3.05) is 13.1 Å². The molecule has 2 aromatic carbocycles. The van der Waals surface area contributed by atoms with Crippen LogP contribution in [0.1, 0.15) is 49.9 Å². The van der Waals surface area contributed by atoms with Gasteiger partial charge in [0.25, 0.3) is 5.56 Å². The van der Waals surface area contributed by atoms with Crippen LogP contribution in [0.2, 0.25) is 0 Å². The molecule has 3 aromatic rings. The molecular weight excluding hydrogens is 420 g/mol. The first-order valence-electron chi connectivity index (χ1n) is 12.3. The monoisotopic (exact) mass is 452 g/mol. The fourth-order valence-corrected chi connectivity index (χ4v) is 5.05. The van der Waals surface area contributed by atoms with Crippen LogP contribution in [-0.4, -0.2) is 45.6 Å². The normalized spacial score (nSPS) is 19.1. The molecule has 5 nitrogen and oxygen atoms in total. The van der Waals surface area contributed by atoms with Crippen LogP contribution in [0, 0.1) is 6.92 Å². The summed E-state index contributed by atoms with van der Waals surface area (Å²) in [4.78, 5) is 20.7. The van der Waals surface area contributed by atoms with E-state index in [1.807, 2.05) is 43.3 Å². The predicted molar refractivity (Wildman–Crippen MR) is 139 cm³/mol. The Balaban J connectivity index is 1.70. The van der Waals surface area contributed by atoms with E-state index >= 15 is 0 Å². The van der Waals surface area contributed by atoms with Gasteiger partial charge >= 0.3 is 0 Å². The fourth-order valence-electron chi connectivity index (χ4n) is 5.05. The van der Waals surface area contributed by atoms with Crippen molar-refractivity contribution >= 4 is 11.3 Å². The van der Waals surface area contributed by atoms with Gasteiger partial charge in [-0.15, -0.1) is 0 Å². The summed E-state index contributed by atoms with van der Waals surface area (Å²) in [5, 5.41) is 4.92. The number of aliphatic imine (C=N–C) groups is 1. The van der Waals surface area contributed by atoms with Crippen molar-refractivity contribution in [2.45, 2.75) is 52.1 Å². The van der Waals surface area contributed by atoms with Gasteiger partial charge in [0.05, 0.1) is 23.1 Å². The van der Waals surface area contributed by atoms with Gasteiger partial charge in [-0.3, -0.25) is 14.7 Å². The maximum absolute atomic E-state index is 12.9. The Labute approximate surface area is 201 Å². The minimum atomic E-state index is -0.127. The highest BCUT2D eigenvalue weighted by molar-refractivity contribution is 6.33. The second kappa shape index (κ2) is 9.51. The molecule has 5 heteroatoms. The third-order valence-corrected chi connectivity index (χ3v) is 6.97. The summed E-state index contributed by atoms with van der Waals surface area (Å²) in [6.07, 6.45) is 3.41. The van der Waals surface area contributed by atoms with Crippen LogP contribution < -0.4 is 5.56 Å². The largest absolute Gasteiger partial charge is 0.297 e. The number of fused-ring (bicyclic) bond motifs is 1. The van der Waals surface area contributed by atoms with E-state index in [4.69, 9.17) is 10.1 Å². The van der Waals surface area contributed by atoms with Crippen LogP contribution >= 0.6 is 0 Å². The third kappa shape index (κ3) is 4.28. The Bertz CT molecular complexity index is 1300. The molecule has 0 N–H and O–H groups in total. The number of likely N-dealkylation sites (tertiary alicyclic amines) is 1. The zero-order chi connectivity index (χ0) is 23.7. The molecule has 1 fully saturated rings. The third-order valence-electron chi connectivity index (χ3n) is 6.97. The van der Waals surface area contributed by atoms with Crippen LogP contribution in [0.4, 0.5) is 0 Å². The van der Waals surface area contributed by atoms with E-state index in [-0.39, 0.29) is 11.6 Å². The Morgan fingerprint density at radius 1 is 0.941 bits per heavy atom. The number of aromatic nitrogens is 2. The van der Waals surface area contributed by atoms with E-state index < -0.39 is 0 Å². The molecule has 0 bridgehead atoms. The molecule has 0 spiro atoms. The molecule has 0 radical (unpaired) electrons. The molecule has 0 saturated carbocycles. The van der Waals surface area contributed by atoms with Gasteiger partial charge in [0.1, 0.15) is 0 Å². The molecular formula is C29H32N4O. The second-order valence-corrected chi connectivity index (χ2v) is 9.57.